The molecule has 5 nitrogen and oxygen atoms in total. The lowest BCUT2D eigenvalue weighted by atomic mass is 9.93. The number of anilines is 1. The van der Waals surface area contributed by atoms with Crippen LogP contribution in [-0.4, -0.2) is 36.2 Å². The van der Waals surface area contributed by atoms with E-state index >= 15 is 0 Å². The van der Waals surface area contributed by atoms with Crippen molar-refractivity contribution in [2.24, 2.45) is 0 Å². The van der Waals surface area contributed by atoms with Crippen molar-refractivity contribution >= 4 is 23.2 Å². The van der Waals surface area contributed by atoms with Crippen molar-refractivity contribution in [1.82, 2.24) is 5.32 Å². The first-order chi connectivity index (χ1) is 13.6. The maximum atomic E-state index is 13.3. The van der Waals surface area contributed by atoms with Crippen LogP contribution >= 0.6 is 11.6 Å². The summed E-state index contributed by atoms with van der Waals surface area (Å²) in [5, 5.41) is 22.9. The van der Waals surface area contributed by atoms with Gasteiger partial charge < -0.3 is 15.3 Å². The molecule has 6 heteroatoms. The van der Waals surface area contributed by atoms with E-state index in [0.29, 0.717) is 35.3 Å². The van der Waals surface area contributed by atoms with Gasteiger partial charge in [0.25, 0.3) is 5.91 Å². The molecule has 1 saturated carbocycles. The van der Waals surface area contributed by atoms with Gasteiger partial charge in [-0.3, -0.25) is 4.79 Å². The fourth-order valence-electron chi connectivity index (χ4n) is 3.55. The predicted octanol–water partition coefficient (Wildman–Crippen LogP) is 3.75. The van der Waals surface area contributed by atoms with Gasteiger partial charge in [-0.15, -0.1) is 0 Å². The molecule has 0 atom stereocenters. The summed E-state index contributed by atoms with van der Waals surface area (Å²) in [5.41, 5.74) is 1.39. The molecular weight excluding hydrogens is 374 g/mol. The molecule has 0 radical (unpaired) electrons. The molecule has 0 aliphatic heterocycles. The minimum atomic E-state index is -0.244. The number of rotatable bonds is 6. The normalized spacial score (nSPS) is 19.0. The van der Waals surface area contributed by atoms with Crippen LogP contribution in [0.1, 0.15) is 41.6 Å². The Morgan fingerprint density at radius 3 is 2.57 bits per heavy atom. The molecule has 0 unspecified atom stereocenters. The number of carbonyl (C=O) groups excluding carboxylic acids is 1. The van der Waals surface area contributed by atoms with E-state index in [1.54, 1.807) is 23.1 Å². The number of para-hydroxylation sites is 1. The van der Waals surface area contributed by atoms with E-state index in [0.717, 1.165) is 31.4 Å². The van der Waals surface area contributed by atoms with Gasteiger partial charge in [0.1, 0.15) is 0 Å². The molecule has 0 spiro atoms. The first kappa shape index (κ1) is 20.3. The van der Waals surface area contributed by atoms with Gasteiger partial charge in [0.2, 0.25) is 0 Å². The van der Waals surface area contributed by atoms with E-state index < -0.39 is 0 Å². The lowest BCUT2D eigenvalue weighted by molar-refractivity contribution is 0.0985. The van der Waals surface area contributed by atoms with Crippen molar-refractivity contribution in [3.8, 4) is 6.07 Å². The molecule has 1 fully saturated rings. The smallest absolute Gasteiger partial charge is 0.259 e. The molecule has 3 rings (SSSR count). The minimum absolute atomic E-state index is 0.187. The standard InChI is InChI=1S/C22H24ClN3O2/c23-17-7-6-16(15-24)21(14-17)22(28)26(19-4-2-1-3-5-19)13-12-25-18-8-10-20(27)11-9-18/h1-7,14,18,20,25,27H,8-13H2/t18-,20-. The molecule has 28 heavy (non-hydrogen) atoms. The molecule has 146 valence electrons. The average Bonchev–Trinajstić information content (AvgIpc) is 2.72. The fraction of sp³-hybridized carbons (Fsp3) is 0.364. The van der Waals surface area contributed by atoms with Gasteiger partial charge in [-0.1, -0.05) is 29.8 Å². The summed E-state index contributed by atoms with van der Waals surface area (Å²) in [7, 11) is 0. The van der Waals surface area contributed by atoms with E-state index in [-0.39, 0.29) is 12.0 Å². The highest BCUT2D eigenvalue weighted by atomic mass is 35.5. The van der Waals surface area contributed by atoms with Gasteiger partial charge in [0.05, 0.1) is 23.3 Å². The molecule has 0 aromatic heterocycles. The topological polar surface area (TPSA) is 76.4 Å². The summed E-state index contributed by atoms with van der Waals surface area (Å²) in [6.07, 6.45) is 3.31. The van der Waals surface area contributed by atoms with Crippen molar-refractivity contribution in [2.75, 3.05) is 18.0 Å². The van der Waals surface area contributed by atoms with E-state index in [4.69, 9.17) is 11.6 Å². The Morgan fingerprint density at radius 1 is 1.18 bits per heavy atom. The number of aliphatic hydroxyl groups excluding tert-OH is 1. The number of carbonyl (C=O) groups is 1. The third-order valence-corrected chi connectivity index (χ3v) is 5.35. The van der Waals surface area contributed by atoms with Crippen LogP contribution in [0.2, 0.25) is 5.02 Å². The molecule has 2 aromatic carbocycles. The predicted molar refractivity (Wildman–Crippen MR) is 111 cm³/mol. The first-order valence-corrected chi connectivity index (χ1v) is 9.94. The molecule has 0 saturated heterocycles. The molecule has 0 heterocycles. The Balaban J connectivity index is 1.75. The van der Waals surface area contributed by atoms with Crippen LogP contribution in [0.25, 0.3) is 0 Å². The monoisotopic (exact) mass is 397 g/mol. The number of hydrogen-bond acceptors (Lipinski definition) is 4. The lowest BCUT2D eigenvalue weighted by Crippen LogP contribution is -2.42. The van der Waals surface area contributed by atoms with Crippen LogP contribution in [0.4, 0.5) is 5.69 Å². The van der Waals surface area contributed by atoms with Gasteiger partial charge in [-0.25, -0.2) is 0 Å². The summed E-state index contributed by atoms with van der Waals surface area (Å²) < 4.78 is 0. The molecule has 1 aliphatic rings. The van der Waals surface area contributed by atoms with Gasteiger partial charge in [0.15, 0.2) is 0 Å². The first-order valence-electron chi connectivity index (χ1n) is 9.56. The van der Waals surface area contributed by atoms with Gasteiger partial charge in [-0.05, 0) is 56.0 Å². The molecule has 0 bridgehead atoms. The second kappa shape index (κ2) is 9.70. The van der Waals surface area contributed by atoms with Crippen LogP contribution in [0, 0.1) is 11.3 Å². The van der Waals surface area contributed by atoms with E-state index in [1.165, 1.54) is 0 Å². The SMILES string of the molecule is N#Cc1ccc(Cl)cc1C(=O)N(CCN[C@H]1CC[C@H](O)CC1)c1ccccc1. The third-order valence-electron chi connectivity index (χ3n) is 5.11. The van der Waals surface area contributed by atoms with E-state index in [9.17, 15) is 15.2 Å². The van der Waals surface area contributed by atoms with Crippen LogP contribution in [0.3, 0.4) is 0 Å². The van der Waals surface area contributed by atoms with Crippen molar-refractivity contribution in [3.05, 3.63) is 64.7 Å². The average molecular weight is 398 g/mol. The van der Waals surface area contributed by atoms with Crippen molar-refractivity contribution in [3.63, 3.8) is 0 Å². The van der Waals surface area contributed by atoms with E-state index in [2.05, 4.69) is 11.4 Å². The molecule has 2 aromatic rings. The Bertz CT molecular complexity index is 843. The van der Waals surface area contributed by atoms with Crippen molar-refractivity contribution < 1.29 is 9.90 Å². The number of nitrogens with one attached hydrogen (secondary N) is 1. The van der Waals surface area contributed by atoms with Gasteiger partial charge in [0, 0.05) is 29.8 Å². The Labute approximate surface area is 170 Å². The summed E-state index contributed by atoms with van der Waals surface area (Å²) in [5.74, 6) is -0.244. The maximum absolute atomic E-state index is 13.3. The van der Waals surface area contributed by atoms with Crippen LogP contribution < -0.4 is 10.2 Å². The van der Waals surface area contributed by atoms with Gasteiger partial charge in [-0.2, -0.15) is 5.26 Å². The number of benzene rings is 2. The summed E-state index contributed by atoms with van der Waals surface area (Å²) in [4.78, 5) is 14.9. The second-order valence-electron chi connectivity index (χ2n) is 7.05. The zero-order valence-electron chi connectivity index (χ0n) is 15.6. The van der Waals surface area contributed by atoms with E-state index in [1.807, 2.05) is 30.3 Å². The minimum Gasteiger partial charge on any atom is -0.393 e. The number of aliphatic hydroxyl groups is 1. The highest BCUT2D eigenvalue weighted by molar-refractivity contribution is 6.31. The largest absolute Gasteiger partial charge is 0.393 e. The molecule has 1 amide bonds. The van der Waals surface area contributed by atoms with Crippen molar-refractivity contribution in [2.45, 2.75) is 37.8 Å². The summed E-state index contributed by atoms with van der Waals surface area (Å²) >= 11 is 6.07. The number of hydrogen-bond donors (Lipinski definition) is 2. The molecule has 2 N–H and O–H groups in total. The Hall–Kier alpha value is -2.39. The maximum Gasteiger partial charge on any atom is 0.259 e. The quantitative estimate of drug-likeness (QED) is 0.778. The summed E-state index contributed by atoms with van der Waals surface area (Å²) in [6, 6.07) is 16.6. The summed E-state index contributed by atoms with van der Waals surface area (Å²) in [6.45, 7) is 1.10. The molecule has 1 aliphatic carbocycles. The number of nitrogens with zero attached hydrogens (tertiary/aromatic N) is 2. The number of halogens is 1. The highest BCUT2D eigenvalue weighted by Gasteiger charge is 2.22. The lowest BCUT2D eigenvalue weighted by Gasteiger charge is -2.28. The van der Waals surface area contributed by atoms with Crippen molar-refractivity contribution in [1.29, 1.82) is 5.26 Å². The second-order valence-corrected chi connectivity index (χ2v) is 7.49. The highest BCUT2D eigenvalue weighted by Crippen LogP contribution is 2.22. The Morgan fingerprint density at radius 2 is 1.89 bits per heavy atom. The number of amides is 1. The third kappa shape index (κ3) is 5.11. The zero-order valence-corrected chi connectivity index (χ0v) is 16.4. The van der Waals surface area contributed by atoms with Crippen LogP contribution in [-0.2, 0) is 0 Å². The van der Waals surface area contributed by atoms with Crippen LogP contribution in [0.5, 0.6) is 0 Å². The van der Waals surface area contributed by atoms with Gasteiger partial charge >= 0.3 is 0 Å². The fourth-order valence-corrected chi connectivity index (χ4v) is 3.72. The Kier molecular flexibility index (Phi) is 7.05. The molecular formula is C22H24ClN3O2. The zero-order chi connectivity index (χ0) is 19.9. The number of nitriles is 1. The van der Waals surface area contributed by atoms with Crippen LogP contribution in [0.15, 0.2) is 48.5 Å².